The highest BCUT2D eigenvalue weighted by molar-refractivity contribution is 7.99. The van der Waals surface area contributed by atoms with Crippen LogP contribution in [0, 0.1) is 0 Å². The smallest absolute Gasteiger partial charge is 0.323 e. The van der Waals surface area contributed by atoms with Gasteiger partial charge < -0.3 is 10.3 Å². The van der Waals surface area contributed by atoms with E-state index in [4.69, 9.17) is 0 Å². The fourth-order valence-corrected chi connectivity index (χ4v) is 3.10. The van der Waals surface area contributed by atoms with E-state index in [0.29, 0.717) is 34.5 Å². The third-order valence-corrected chi connectivity index (χ3v) is 4.33. The van der Waals surface area contributed by atoms with Crippen LogP contribution in [0.3, 0.4) is 0 Å². The number of hydrogen-bond donors (Lipinski definition) is 2. The molecule has 3 aromatic rings. The molecule has 1 amide bonds. The molecule has 0 aliphatic heterocycles. The Labute approximate surface area is 146 Å². The first kappa shape index (κ1) is 17.4. The van der Waals surface area contributed by atoms with E-state index in [1.54, 1.807) is 18.2 Å². The van der Waals surface area contributed by atoms with Gasteiger partial charge in [0.1, 0.15) is 11.0 Å². The number of fused-ring (bicyclic) bond motifs is 1. The third-order valence-electron chi connectivity index (χ3n) is 2.91. The van der Waals surface area contributed by atoms with Crippen LogP contribution in [0.2, 0.25) is 0 Å². The first-order valence-electron chi connectivity index (χ1n) is 6.65. The molecule has 0 saturated heterocycles. The molecule has 0 aliphatic rings. The van der Waals surface area contributed by atoms with Crippen molar-refractivity contribution in [2.75, 3.05) is 11.1 Å². The van der Waals surface area contributed by atoms with Crippen molar-refractivity contribution in [1.29, 1.82) is 0 Å². The second-order valence-electron chi connectivity index (χ2n) is 4.71. The minimum atomic E-state index is -4.74. The Morgan fingerprint density at radius 3 is 2.88 bits per heavy atom. The van der Waals surface area contributed by atoms with Gasteiger partial charge in [0.15, 0.2) is 10.9 Å². The van der Waals surface area contributed by atoms with Crippen LogP contribution < -0.4 is 10.9 Å². The van der Waals surface area contributed by atoms with Gasteiger partial charge in [-0.3, -0.25) is 9.59 Å². The Morgan fingerprint density at radius 2 is 2.12 bits per heavy atom. The van der Waals surface area contributed by atoms with Gasteiger partial charge in [0.05, 0.1) is 23.2 Å². The van der Waals surface area contributed by atoms with Crippen LogP contribution >= 0.6 is 23.5 Å². The van der Waals surface area contributed by atoms with Gasteiger partial charge >= 0.3 is 6.18 Å². The number of rotatable bonds is 4. The molecule has 130 valence electrons. The van der Waals surface area contributed by atoms with Crippen molar-refractivity contribution < 1.29 is 18.0 Å². The molecule has 7 nitrogen and oxygen atoms in total. The highest BCUT2D eigenvalue weighted by Crippen LogP contribution is 2.27. The fourth-order valence-electron chi connectivity index (χ4n) is 1.88. The summed E-state index contributed by atoms with van der Waals surface area (Å²) in [4.78, 5) is 28.8. The highest BCUT2D eigenvalue weighted by Gasteiger charge is 2.33. The SMILES string of the molecule is O=C(CSc1nc(C(F)(F)F)cc(=O)[nH]1)Nc1cccc2nsnc12. The van der Waals surface area contributed by atoms with Crippen molar-refractivity contribution in [2.45, 2.75) is 11.3 Å². The summed E-state index contributed by atoms with van der Waals surface area (Å²) in [7, 11) is 0. The number of nitrogens with zero attached hydrogens (tertiary/aromatic N) is 3. The summed E-state index contributed by atoms with van der Waals surface area (Å²) >= 11 is 1.68. The summed E-state index contributed by atoms with van der Waals surface area (Å²) in [5.74, 6) is -0.719. The van der Waals surface area contributed by atoms with Gasteiger partial charge in [0.25, 0.3) is 5.56 Å². The Morgan fingerprint density at radius 1 is 1.32 bits per heavy atom. The summed E-state index contributed by atoms with van der Waals surface area (Å²) in [6.45, 7) is 0. The largest absolute Gasteiger partial charge is 0.433 e. The van der Waals surface area contributed by atoms with Crippen molar-refractivity contribution in [2.24, 2.45) is 0 Å². The molecule has 0 bridgehead atoms. The molecular weight excluding hydrogens is 379 g/mol. The topological polar surface area (TPSA) is 101 Å². The zero-order chi connectivity index (χ0) is 18.0. The number of nitrogens with one attached hydrogen (secondary N) is 2. The number of carbonyl (C=O) groups excluding carboxylic acids is 1. The van der Waals surface area contributed by atoms with E-state index >= 15 is 0 Å². The summed E-state index contributed by atoms with van der Waals surface area (Å²) in [6.07, 6.45) is -4.74. The van der Waals surface area contributed by atoms with Gasteiger partial charge in [-0.1, -0.05) is 17.8 Å². The van der Waals surface area contributed by atoms with Gasteiger partial charge in [-0.15, -0.1) is 0 Å². The fraction of sp³-hybridized carbons (Fsp3) is 0.154. The molecule has 0 atom stereocenters. The predicted molar refractivity (Wildman–Crippen MR) is 86.6 cm³/mol. The number of anilines is 1. The molecule has 2 aromatic heterocycles. The maximum absolute atomic E-state index is 12.6. The number of alkyl halides is 3. The van der Waals surface area contributed by atoms with E-state index in [0.717, 1.165) is 11.7 Å². The van der Waals surface area contributed by atoms with Gasteiger partial charge in [-0.2, -0.15) is 21.9 Å². The monoisotopic (exact) mass is 387 g/mol. The first-order chi connectivity index (χ1) is 11.8. The maximum atomic E-state index is 12.6. The lowest BCUT2D eigenvalue weighted by Crippen LogP contribution is -2.18. The van der Waals surface area contributed by atoms with E-state index < -0.39 is 23.3 Å². The van der Waals surface area contributed by atoms with Gasteiger partial charge in [0.2, 0.25) is 5.91 Å². The Balaban J connectivity index is 1.70. The van der Waals surface area contributed by atoms with E-state index in [1.165, 1.54) is 0 Å². The van der Waals surface area contributed by atoms with Crippen LogP contribution in [0.15, 0.2) is 34.2 Å². The predicted octanol–water partition coefficient (Wildman–Crippen LogP) is 2.52. The van der Waals surface area contributed by atoms with Crippen molar-refractivity contribution >= 4 is 46.1 Å². The lowest BCUT2D eigenvalue weighted by molar-refractivity contribution is -0.141. The van der Waals surface area contributed by atoms with Crippen LogP contribution in [-0.2, 0) is 11.0 Å². The Hall–Kier alpha value is -2.47. The molecule has 0 aliphatic carbocycles. The molecule has 25 heavy (non-hydrogen) atoms. The molecule has 0 saturated carbocycles. The quantitative estimate of drug-likeness (QED) is 0.527. The van der Waals surface area contributed by atoms with Gasteiger partial charge in [-0.05, 0) is 12.1 Å². The second kappa shape index (κ2) is 6.80. The standard InChI is InChI=1S/C13H8F3N5O2S2/c14-13(15,16)8-4-9(22)19-12(18-8)24-5-10(23)17-6-2-1-3-7-11(6)21-25-20-7/h1-4H,5H2,(H,17,23)(H,18,19,22). The van der Waals surface area contributed by atoms with E-state index in [1.807, 2.05) is 0 Å². The van der Waals surface area contributed by atoms with Crippen LogP contribution in [0.25, 0.3) is 11.0 Å². The zero-order valence-corrected chi connectivity index (χ0v) is 13.8. The lowest BCUT2D eigenvalue weighted by Gasteiger charge is -2.07. The van der Waals surface area contributed by atoms with Gasteiger partial charge in [-0.25, -0.2) is 4.98 Å². The first-order valence-corrected chi connectivity index (χ1v) is 8.37. The van der Waals surface area contributed by atoms with E-state index in [-0.39, 0.29) is 10.9 Å². The average molecular weight is 387 g/mol. The van der Waals surface area contributed by atoms with Crippen molar-refractivity contribution in [1.82, 2.24) is 18.7 Å². The maximum Gasteiger partial charge on any atom is 0.433 e. The minimum absolute atomic E-state index is 0.238. The number of thioether (sulfide) groups is 1. The summed E-state index contributed by atoms with van der Waals surface area (Å²) < 4.78 is 46.0. The minimum Gasteiger partial charge on any atom is -0.323 e. The second-order valence-corrected chi connectivity index (χ2v) is 6.20. The molecular formula is C13H8F3N5O2S2. The molecule has 3 rings (SSSR count). The molecule has 2 heterocycles. The summed E-state index contributed by atoms with van der Waals surface area (Å²) in [6, 6.07) is 5.43. The normalized spacial score (nSPS) is 11.6. The van der Waals surface area contributed by atoms with Gasteiger partial charge in [0, 0.05) is 6.07 Å². The molecule has 1 aromatic carbocycles. The average Bonchev–Trinajstić information content (AvgIpc) is 3.01. The summed E-state index contributed by atoms with van der Waals surface area (Å²) in [5.41, 5.74) is -0.654. The van der Waals surface area contributed by atoms with Crippen molar-refractivity contribution in [3.05, 3.63) is 40.3 Å². The number of amides is 1. The highest BCUT2D eigenvalue weighted by atomic mass is 32.2. The van der Waals surface area contributed by atoms with Crippen molar-refractivity contribution in [3.63, 3.8) is 0 Å². The molecule has 2 N–H and O–H groups in total. The van der Waals surface area contributed by atoms with E-state index in [9.17, 15) is 22.8 Å². The lowest BCUT2D eigenvalue weighted by atomic mass is 10.2. The van der Waals surface area contributed by atoms with Crippen LogP contribution in [0.4, 0.5) is 18.9 Å². The van der Waals surface area contributed by atoms with E-state index in [2.05, 4.69) is 24.0 Å². The summed E-state index contributed by atoms with van der Waals surface area (Å²) in [5, 5.41) is 2.31. The number of H-pyrrole nitrogens is 1. The number of aromatic amines is 1. The zero-order valence-electron chi connectivity index (χ0n) is 12.1. The molecule has 0 fully saturated rings. The number of aromatic nitrogens is 4. The third kappa shape index (κ3) is 4.14. The number of halogens is 3. The number of hydrogen-bond acceptors (Lipinski definition) is 7. The van der Waals surface area contributed by atoms with Crippen LogP contribution in [-0.4, -0.2) is 30.4 Å². The number of benzene rings is 1. The number of carbonyl (C=O) groups is 1. The van der Waals surface area contributed by atoms with Crippen LogP contribution in [0.1, 0.15) is 5.69 Å². The molecule has 0 spiro atoms. The molecule has 0 radical (unpaired) electrons. The Bertz CT molecular complexity index is 985. The molecule has 12 heteroatoms. The van der Waals surface area contributed by atoms with Crippen molar-refractivity contribution in [3.8, 4) is 0 Å². The van der Waals surface area contributed by atoms with Crippen LogP contribution in [0.5, 0.6) is 0 Å². The molecule has 0 unspecified atom stereocenters. The Kier molecular flexibility index (Phi) is 4.72.